The molecule has 0 radical (unpaired) electrons. The highest BCUT2D eigenvalue weighted by molar-refractivity contribution is 9.11. The molecule has 0 aliphatic rings. The lowest BCUT2D eigenvalue weighted by Crippen LogP contribution is -2.04. The summed E-state index contributed by atoms with van der Waals surface area (Å²) >= 11 is 9.28. The van der Waals surface area contributed by atoms with Crippen LogP contribution in [0.3, 0.4) is 0 Å². The van der Waals surface area contributed by atoms with Gasteiger partial charge in [-0.15, -0.1) is 11.3 Å². The van der Waals surface area contributed by atoms with E-state index in [4.69, 9.17) is 0 Å². The van der Waals surface area contributed by atoms with Gasteiger partial charge in [0.1, 0.15) is 0 Å². The highest BCUT2D eigenvalue weighted by atomic mass is 79.9. The van der Waals surface area contributed by atoms with Gasteiger partial charge in [0.2, 0.25) is 0 Å². The third-order valence-corrected chi connectivity index (χ3v) is 6.27. The van der Waals surface area contributed by atoms with E-state index in [1.165, 1.54) is 14.9 Å². The van der Waals surface area contributed by atoms with Crippen LogP contribution < -0.4 is 0 Å². The number of hydrogen-bond acceptors (Lipinski definition) is 1. The topological polar surface area (TPSA) is 0 Å². The van der Waals surface area contributed by atoms with Gasteiger partial charge in [-0.3, -0.25) is 0 Å². The third-order valence-electron chi connectivity index (χ3n) is 2.92. The molecular formula is C14H14Br2S. The van der Waals surface area contributed by atoms with Gasteiger partial charge in [0, 0.05) is 15.3 Å². The van der Waals surface area contributed by atoms with E-state index in [2.05, 4.69) is 80.6 Å². The molecule has 90 valence electrons. The number of hydrogen-bond donors (Lipinski definition) is 0. The quantitative estimate of drug-likeness (QED) is 0.564. The van der Waals surface area contributed by atoms with E-state index in [9.17, 15) is 0 Å². The highest BCUT2D eigenvalue weighted by Gasteiger charge is 2.23. The van der Waals surface area contributed by atoms with Crippen LogP contribution in [0.2, 0.25) is 0 Å². The maximum absolute atomic E-state index is 3.86. The fourth-order valence-corrected chi connectivity index (χ4v) is 5.21. The molecule has 0 aliphatic carbocycles. The van der Waals surface area contributed by atoms with E-state index >= 15 is 0 Å². The molecule has 1 aromatic heterocycles. The number of thiophene rings is 1. The molecule has 0 fully saturated rings. The molecular weight excluding hydrogens is 360 g/mol. The average molecular weight is 374 g/mol. The van der Waals surface area contributed by atoms with Gasteiger partial charge in [-0.05, 0) is 39.4 Å². The van der Waals surface area contributed by atoms with Crippen LogP contribution in [0.15, 0.2) is 46.3 Å². The van der Waals surface area contributed by atoms with Crippen LogP contribution in [0.5, 0.6) is 0 Å². The van der Waals surface area contributed by atoms with Crippen LogP contribution >= 0.6 is 43.2 Å². The first-order valence-electron chi connectivity index (χ1n) is 5.66. The summed E-state index contributed by atoms with van der Waals surface area (Å²) in [7, 11) is 0. The van der Waals surface area contributed by atoms with Gasteiger partial charge in [-0.1, -0.05) is 53.2 Å². The fourth-order valence-electron chi connectivity index (χ4n) is 2.00. The van der Waals surface area contributed by atoms with Crippen molar-refractivity contribution in [1.82, 2.24) is 0 Å². The Morgan fingerprint density at radius 1 is 1.18 bits per heavy atom. The SMILES string of the molecule is CCC(c1ccccc1)C(Br)c1sccc1Br. The van der Waals surface area contributed by atoms with Gasteiger partial charge in [-0.25, -0.2) is 0 Å². The Labute approximate surface area is 123 Å². The van der Waals surface area contributed by atoms with Crippen LogP contribution in [-0.2, 0) is 0 Å². The molecule has 2 aromatic rings. The summed E-state index contributed by atoms with van der Waals surface area (Å²) in [6.07, 6.45) is 1.13. The highest BCUT2D eigenvalue weighted by Crippen LogP contribution is 2.44. The van der Waals surface area contributed by atoms with Crippen molar-refractivity contribution in [2.24, 2.45) is 0 Å². The van der Waals surface area contributed by atoms with Crippen molar-refractivity contribution in [2.45, 2.75) is 24.1 Å². The van der Waals surface area contributed by atoms with Gasteiger partial charge >= 0.3 is 0 Å². The van der Waals surface area contributed by atoms with Crippen LogP contribution in [0, 0.1) is 0 Å². The van der Waals surface area contributed by atoms with Crippen molar-refractivity contribution >= 4 is 43.2 Å². The molecule has 0 spiro atoms. The van der Waals surface area contributed by atoms with Gasteiger partial charge in [0.25, 0.3) is 0 Å². The molecule has 0 bridgehead atoms. The van der Waals surface area contributed by atoms with Crippen molar-refractivity contribution < 1.29 is 0 Å². The maximum Gasteiger partial charge on any atom is 0.0568 e. The van der Waals surface area contributed by atoms with Crippen molar-refractivity contribution in [1.29, 1.82) is 0 Å². The molecule has 0 nitrogen and oxygen atoms in total. The Balaban J connectivity index is 2.28. The Bertz CT molecular complexity index is 464. The summed E-state index contributed by atoms with van der Waals surface area (Å²) in [6, 6.07) is 12.8. The first-order chi connectivity index (χ1) is 8.24. The summed E-state index contributed by atoms with van der Waals surface area (Å²) < 4.78 is 1.21. The lowest BCUT2D eigenvalue weighted by molar-refractivity contribution is 0.660. The number of benzene rings is 1. The molecule has 0 saturated heterocycles. The van der Waals surface area contributed by atoms with E-state index in [1.54, 1.807) is 11.3 Å². The number of rotatable bonds is 4. The van der Waals surface area contributed by atoms with Crippen LogP contribution in [-0.4, -0.2) is 0 Å². The molecule has 2 atom stereocenters. The van der Waals surface area contributed by atoms with Crippen molar-refractivity contribution in [3.63, 3.8) is 0 Å². The standard InChI is InChI=1S/C14H14Br2S/c1-2-11(10-6-4-3-5-7-10)13(16)14-12(15)8-9-17-14/h3-9,11,13H,2H2,1H3. The summed E-state index contributed by atoms with van der Waals surface area (Å²) in [5, 5.41) is 2.13. The van der Waals surface area contributed by atoms with Crippen LogP contribution in [0.1, 0.15) is 34.5 Å². The predicted octanol–water partition coefficient (Wildman–Crippen LogP) is 6.14. The smallest absolute Gasteiger partial charge is 0.0568 e. The zero-order chi connectivity index (χ0) is 12.3. The summed E-state index contributed by atoms with van der Waals surface area (Å²) in [6.45, 7) is 2.24. The monoisotopic (exact) mass is 372 g/mol. The number of alkyl halides is 1. The largest absolute Gasteiger partial charge is 0.146 e. The molecule has 1 aromatic carbocycles. The van der Waals surface area contributed by atoms with Crippen molar-refractivity contribution in [3.8, 4) is 0 Å². The molecule has 17 heavy (non-hydrogen) atoms. The summed E-state index contributed by atoms with van der Waals surface area (Å²) in [4.78, 5) is 1.75. The first-order valence-corrected chi connectivity index (χ1v) is 8.24. The molecule has 2 rings (SSSR count). The molecule has 0 saturated carbocycles. The second-order valence-electron chi connectivity index (χ2n) is 3.96. The molecule has 0 aliphatic heterocycles. The van der Waals surface area contributed by atoms with Gasteiger partial charge in [0.15, 0.2) is 0 Å². The Morgan fingerprint density at radius 2 is 1.88 bits per heavy atom. The lowest BCUT2D eigenvalue weighted by Gasteiger charge is -2.21. The van der Waals surface area contributed by atoms with Crippen LogP contribution in [0.4, 0.5) is 0 Å². The van der Waals surface area contributed by atoms with E-state index < -0.39 is 0 Å². The average Bonchev–Trinajstić information content (AvgIpc) is 2.77. The second kappa shape index (κ2) is 6.17. The first kappa shape index (κ1) is 13.3. The molecule has 1 heterocycles. The molecule has 0 amide bonds. The van der Waals surface area contributed by atoms with E-state index in [0.29, 0.717) is 10.7 Å². The maximum atomic E-state index is 3.86. The Hall–Kier alpha value is -0.120. The van der Waals surface area contributed by atoms with Crippen molar-refractivity contribution in [2.75, 3.05) is 0 Å². The van der Waals surface area contributed by atoms with Gasteiger partial charge in [-0.2, -0.15) is 0 Å². The van der Waals surface area contributed by atoms with E-state index in [-0.39, 0.29) is 0 Å². The minimum Gasteiger partial charge on any atom is -0.146 e. The summed E-state index contributed by atoms with van der Waals surface area (Å²) in [5.74, 6) is 0.520. The second-order valence-corrected chi connectivity index (χ2v) is 6.75. The van der Waals surface area contributed by atoms with E-state index in [1.807, 2.05) is 0 Å². The Morgan fingerprint density at radius 3 is 2.41 bits per heavy atom. The zero-order valence-electron chi connectivity index (χ0n) is 9.57. The lowest BCUT2D eigenvalue weighted by atomic mass is 9.92. The minimum atomic E-state index is 0.379. The molecule has 0 N–H and O–H groups in total. The normalized spacial score (nSPS) is 14.5. The van der Waals surface area contributed by atoms with Gasteiger partial charge in [0.05, 0.1) is 4.83 Å². The molecule has 2 unspecified atom stereocenters. The van der Waals surface area contributed by atoms with E-state index in [0.717, 1.165) is 6.42 Å². The summed E-state index contributed by atoms with van der Waals surface area (Å²) in [5.41, 5.74) is 1.40. The zero-order valence-corrected chi connectivity index (χ0v) is 13.6. The third kappa shape index (κ3) is 3.01. The predicted molar refractivity (Wildman–Crippen MR) is 83.2 cm³/mol. The minimum absolute atomic E-state index is 0.379. The van der Waals surface area contributed by atoms with Crippen molar-refractivity contribution in [3.05, 3.63) is 56.7 Å². The van der Waals surface area contributed by atoms with Crippen LogP contribution in [0.25, 0.3) is 0 Å². The Kier molecular flexibility index (Phi) is 4.83. The van der Waals surface area contributed by atoms with Gasteiger partial charge < -0.3 is 0 Å². The number of halogens is 2. The fraction of sp³-hybridized carbons (Fsp3) is 0.286. The molecule has 3 heteroatoms.